The van der Waals surface area contributed by atoms with E-state index in [9.17, 15) is 27.6 Å². The molecule has 7 nitrogen and oxygen atoms in total. The first-order chi connectivity index (χ1) is 12.6. The van der Waals surface area contributed by atoms with Crippen molar-refractivity contribution < 1.29 is 27.6 Å². The molecule has 1 heterocycles. The molecule has 1 aromatic carbocycles. The third-order valence-electron chi connectivity index (χ3n) is 3.95. The van der Waals surface area contributed by atoms with Crippen LogP contribution in [0.15, 0.2) is 24.3 Å². The Labute approximate surface area is 158 Å². The lowest BCUT2D eigenvalue weighted by molar-refractivity contribution is -0.126. The molecule has 148 valence electrons. The van der Waals surface area contributed by atoms with Gasteiger partial charge in [0.05, 0.1) is 23.3 Å². The minimum atomic E-state index is -4.57. The van der Waals surface area contributed by atoms with E-state index in [1.165, 1.54) is 22.2 Å². The summed E-state index contributed by atoms with van der Waals surface area (Å²) in [4.78, 5) is 38.7. The van der Waals surface area contributed by atoms with E-state index in [0.29, 0.717) is 23.7 Å². The minimum Gasteiger partial charge on any atom is -0.329 e. The summed E-state index contributed by atoms with van der Waals surface area (Å²) in [7, 11) is 1.52. The zero-order valence-electron chi connectivity index (χ0n) is 14.3. The van der Waals surface area contributed by atoms with Crippen molar-refractivity contribution in [2.24, 2.45) is 0 Å². The molecule has 0 bridgehead atoms. The van der Waals surface area contributed by atoms with Gasteiger partial charge in [-0.15, -0.1) is 0 Å². The van der Waals surface area contributed by atoms with Crippen LogP contribution in [0.4, 0.5) is 23.7 Å². The molecule has 1 saturated heterocycles. The third kappa shape index (κ3) is 5.83. The lowest BCUT2D eigenvalue weighted by atomic mass is 10.2. The summed E-state index contributed by atoms with van der Waals surface area (Å²) >= 11 is 6.10. The molecule has 0 aromatic heterocycles. The smallest absolute Gasteiger partial charge is 0.329 e. The van der Waals surface area contributed by atoms with Crippen molar-refractivity contribution in [2.75, 3.05) is 31.6 Å². The van der Waals surface area contributed by atoms with Gasteiger partial charge < -0.3 is 10.2 Å². The lowest BCUT2D eigenvalue weighted by Crippen LogP contribution is -2.49. The largest absolute Gasteiger partial charge is 0.405 e. The number of rotatable bonds is 5. The number of hydrogen-bond acceptors (Lipinski definition) is 4. The van der Waals surface area contributed by atoms with Gasteiger partial charge in [-0.3, -0.25) is 19.8 Å². The maximum absolute atomic E-state index is 12.6. The number of urea groups is 1. The van der Waals surface area contributed by atoms with Gasteiger partial charge in [-0.2, -0.15) is 13.2 Å². The molecule has 2 rings (SSSR count). The van der Waals surface area contributed by atoms with E-state index in [4.69, 9.17) is 11.6 Å². The van der Waals surface area contributed by atoms with Crippen LogP contribution in [0.3, 0.4) is 0 Å². The molecule has 4 amide bonds. The lowest BCUT2D eigenvalue weighted by Gasteiger charge is -2.23. The Bertz CT molecular complexity index is 729. The molecule has 2 N–H and O–H groups in total. The molecule has 1 fully saturated rings. The van der Waals surface area contributed by atoms with Gasteiger partial charge >= 0.3 is 12.2 Å². The fraction of sp³-hybridized carbons (Fsp3) is 0.438. The van der Waals surface area contributed by atoms with Gasteiger partial charge in [0.15, 0.2) is 0 Å². The van der Waals surface area contributed by atoms with Crippen molar-refractivity contribution in [1.82, 2.24) is 15.5 Å². The highest BCUT2D eigenvalue weighted by Gasteiger charge is 2.36. The molecule has 1 aliphatic rings. The van der Waals surface area contributed by atoms with Crippen LogP contribution in [-0.2, 0) is 9.59 Å². The van der Waals surface area contributed by atoms with Crippen LogP contribution in [0.25, 0.3) is 0 Å². The minimum absolute atomic E-state index is 0.250. The van der Waals surface area contributed by atoms with E-state index in [1.807, 2.05) is 0 Å². The molecule has 0 aliphatic carbocycles. The Hall–Kier alpha value is -2.33. The van der Waals surface area contributed by atoms with Crippen molar-refractivity contribution in [2.45, 2.75) is 18.6 Å². The van der Waals surface area contributed by atoms with Crippen LogP contribution in [0.2, 0.25) is 5.02 Å². The van der Waals surface area contributed by atoms with Gasteiger partial charge in [0.25, 0.3) is 0 Å². The Morgan fingerprint density at radius 3 is 2.63 bits per heavy atom. The highest BCUT2D eigenvalue weighted by molar-refractivity contribution is 6.33. The topological polar surface area (TPSA) is 81.8 Å². The summed E-state index contributed by atoms with van der Waals surface area (Å²) in [5.74, 6) is -1.07. The second kappa shape index (κ2) is 8.57. The average molecular weight is 407 g/mol. The Balaban J connectivity index is 1.88. The molecule has 0 spiro atoms. The first-order valence-corrected chi connectivity index (χ1v) is 8.37. The number of carbonyl (C=O) groups is 3. The van der Waals surface area contributed by atoms with Crippen molar-refractivity contribution in [1.29, 1.82) is 0 Å². The third-order valence-corrected chi connectivity index (χ3v) is 4.27. The predicted molar refractivity (Wildman–Crippen MR) is 92.4 cm³/mol. The van der Waals surface area contributed by atoms with Gasteiger partial charge in [0, 0.05) is 6.54 Å². The normalized spacial score (nSPS) is 17.3. The maximum atomic E-state index is 12.6. The average Bonchev–Trinajstić information content (AvgIpc) is 2.94. The van der Waals surface area contributed by atoms with E-state index in [2.05, 4.69) is 0 Å². The second-order valence-electron chi connectivity index (χ2n) is 6.01. The Kier molecular flexibility index (Phi) is 6.66. The second-order valence-corrected chi connectivity index (χ2v) is 6.41. The van der Waals surface area contributed by atoms with Gasteiger partial charge in [-0.1, -0.05) is 23.7 Å². The summed E-state index contributed by atoms with van der Waals surface area (Å²) in [6.45, 7) is -1.46. The summed E-state index contributed by atoms with van der Waals surface area (Å²) in [5.41, 5.74) is 0.566. The zero-order chi connectivity index (χ0) is 20.2. The molecule has 1 aromatic rings. The van der Waals surface area contributed by atoms with Crippen molar-refractivity contribution in [3.63, 3.8) is 0 Å². The standard InChI is InChI=1S/C16H18ClF3N4O3/c1-23(8-13(25)22-15(27)21-9-16(18,19)20)12-6-7-24(14(12)26)11-5-3-2-4-10(11)17/h2-5,12H,6-9H2,1H3,(H2,21,22,25,27). The first kappa shape index (κ1) is 21.0. The van der Waals surface area contributed by atoms with Crippen LogP contribution in [0.5, 0.6) is 0 Å². The van der Waals surface area contributed by atoms with E-state index in [0.717, 1.165) is 0 Å². The summed E-state index contributed by atoms with van der Waals surface area (Å²) < 4.78 is 36.1. The predicted octanol–water partition coefficient (Wildman–Crippen LogP) is 1.77. The number of likely N-dealkylation sites (N-methyl/N-ethyl adjacent to an activating group) is 1. The SMILES string of the molecule is CN(CC(=O)NC(=O)NCC(F)(F)F)C1CCN(c2ccccc2Cl)C1=O. The molecule has 27 heavy (non-hydrogen) atoms. The monoisotopic (exact) mass is 406 g/mol. The zero-order valence-corrected chi connectivity index (χ0v) is 15.1. The van der Waals surface area contributed by atoms with Crippen LogP contribution < -0.4 is 15.5 Å². The highest BCUT2D eigenvalue weighted by atomic mass is 35.5. The number of nitrogens with zero attached hydrogens (tertiary/aromatic N) is 2. The molecule has 0 radical (unpaired) electrons. The Morgan fingerprint density at radius 2 is 2.00 bits per heavy atom. The molecule has 1 aliphatic heterocycles. The number of para-hydroxylation sites is 1. The summed E-state index contributed by atoms with van der Waals surface area (Å²) in [6.07, 6.45) is -4.14. The summed E-state index contributed by atoms with van der Waals surface area (Å²) in [5, 5.41) is 3.76. The number of halogens is 4. The molecule has 0 saturated carbocycles. The van der Waals surface area contributed by atoms with Crippen LogP contribution in [-0.4, -0.2) is 61.6 Å². The first-order valence-electron chi connectivity index (χ1n) is 7.99. The number of alkyl halides is 3. The van der Waals surface area contributed by atoms with Crippen LogP contribution in [0, 0.1) is 0 Å². The number of hydrogen-bond donors (Lipinski definition) is 2. The van der Waals surface area contributed by atoms with Gasteiger partial charge in [-0.25, -0.2) is 4.79 Å². The Morgan fingerprint density at radius 1 is 1.33 bits per heavy atom. The number of benzene rings is 1. The number of amides is 4. The van der Waals surface area contributed by atoms with E-state index in [-0.39, 0.29) is 12.5 Å². The van der Waals surface area contributed by atoms with Gasteiger partial charge in [0.2, 0.25) is 11.8 Å². The fourth-order valence-corrected chi connectivity index (χ4v) is 2.95. The fourth-order valence-electron chi connectivity index (χ4n) is 2.71. The molecule has 11 heteroatoms. The number of anilines is 1. The van der Waals surface area contributed by atoms with Crippen molar-refractivity contribution in [3.05, 3.63) is 29.3 Å². The van der Waals surface area contributed by atoms with E-state index >= 15 is 0 Å². The van der Waals surface area contributed by atoms with E-state index < -0.39 is 30.7 Å². The molecular weight excluding hydrogens is 389 g/mol. The number of nitrogens with one attached hydrogen (secondary N) is 2. The van der Waals surface area contributed by atoms with E-state index in [1.54, 1.807) is 29.6 Å². The highest BCUT2D eigenvalue weighted by Crippen LogP contribution is 2.30. The maximum Gasteiger partial charge on any atom is 0.405 e. The van der Waals surface area contributed by atoms with Crippen LogP contribution in [0.1, 0.15) is 6.42 Å². The molecule has 1 atom stereocenters. The van der Waals surface area contributed by atoms with Crippen molar-refractivity contribution in [3.8, 4) is 0 Å². The summed E-state index contributed by atoms with van der Waals surface area (Å²) in [6, 6.07) is 5.00. The quantitative estimate of drug-likeness (QED) is 0.780. The van der Waals surface area contributed by atoms with Crippen LogP contribution >= 0.6 is 11.6 Å². The van der Waals surface area contributed by atoms with Gasteiger partial charge in [-0.05, 0) is 25.6 Å². The number of carbonyl (C=O) groups excluding carboxylic acids is 3. The molecule has 1 unspecified atom stereocenters. The van der Waals surface area contributed by atoms with Crippen molar-refractivity contribution >= 4 is 35.1 Å². The van der Waals surface area contributed by atoms with Gasteiger partial charge in [0.1, 0.15) is 6.54 Å². The number of imide groups is 1. The molecular formula is C16H18ClF3N4O3.